The molecular weight excluding hydrogens is 475 g/mol. The summed E-state index contributed by atoms with van der Waals surface area (Å²) in [6.45, 7) is 1.81. The van der Waals surface area contributed by atoms with Crippen LogP contribution in [0.3, 0.4) is 0 Å². The number of nitrogens with zero attached hydrogens (tertiary/aromatic N) is 2. The minimum Gasteiger partial charge on any atom is -0.354 e. The van der Waals surface area contributed by atoms with Crippen LogP contribution in [0.2, 0.25) is 0 Å². The van der Waals surface area contributed by atoms with E-state index in [0.717, 1.165) is 30.8 Å². The molecule has 6 nitrogen and oxygen atoms in total. The Morgan fingerprint density at radius 3 is 2.52 bits per heavy atom. The van der Waals surface area contributed by atoms with Crippen molar-refractivity contribution in [2.45, 2.75) is 62.4 Å². The summed E-state index contributed by atoms with van der Waals surface area (Å²) < 4.78 is 27.3. The average molecular weight is 506 g/mol. The highest BCUT2D eigenvalue weighted by molar-refractivity contribution is 14.0. The van der Waals surface area contributed by atoms with Crippen molar-refractivity contribution >= 4 is 40.0 Å². The SMILES string of the molecule is CN=C(NCc1cccc(S(=O)(=O)N2CCCCC2)c1)NC1CCCC1.I. The maximum absolute atomic E-state index is 12.8. The van der Waals surface area contributed by atoms with Gasteiger partial charge in [0.15, 0.2) is 5.96 Å². The summed E-state index contributed by atoms with van der Waals surface area (Å²) in [5.41, 5.74) is 0.942. The summed E-state index contributed by atoms with van der Waals surface area (Å²) in [6.07, 6.45) is 7.92. The number of benzene rings is 1. The first-order valence-electron chi connectivity index (χ1n) is 9.66. The number of rotatable bonds is 5. The first kappa shape index (κ1) is 22.4. The standard InChI is InChI=1S/C19H30N4O2S.HI/c1-20-19(22-17-9-3-4-10-17)21-15-16-8-7-11-18(14-16)26(24,25)23-12-5-2-6-13-23;/h7-8,11,14,17H,2-6,9-10,12-13,15H2,1H3,(H2,20,21,22);1H. The predicted molar refractivity (Wildman–Crippen MR) is 120 cm³/mol. The fourth-order valence-corrected chi connectivity index (χ4v) is 5.30. The van der Waals surface area contributed by atoms with Gasteiger partial charge in [-0.05, 0) is 43.4 Å². The summed E-state index contributed by atoms with van der Waals surface area (Å²) in [4.78, 5) is 4.67. The molecule has 2 aliphatic rings. The van der Waals surface area contributed by atoms with Crippen molar-refractivity contribution in [3.05, 3.63) is 29.8 Å². The molecule has 1 aromatic carbocycles. The molecule has 0 amide bonds. The van der Waals surface area contributed by atoms with Crippen LogP contribution >= 0.6 is 24.0 Å². The highest BCUT2D eigenvalue weighted by Crippen LogP contribution is 2.21. The van der Waals surface area contributed by atoms with Gasteiger partial charge in [0.2, 0.25) is 10.0 Å². The summed E-state index contributed by atoms with van der Waals surface area (Å²) in [5, 5.41) is 6.75. The molecule has 1 aromatic rings. The monoisotopic (exact) mass is 506 g/mol. The topological polar surface area (TPSA) is 73.8 Å². The number of nitrogens with one attached hydrogen (secondary N) is 2. The molecule has 8 heteroatoms. The lowest BCUT2D eigenvalue weighted by molar-refractivity contribution is 0.346. The van der Waals surface area contributed by atoms with Crippen LogP contribution in [0.5, 0.6) is 0 Å². The Bertz CT molecular complexity index is 727. The summed E-state index contributed by atoms with van der Waals surface area (Å²) in [6, 6.07) is 7.73. The minimum absolute atomic E-state index is 0. The molecule has 152 valence electrons. The Labute approximate surface area is 180 Å². The number of piperidine rings is 1. The van der Waals surface area contributed by atoms with Crippen molar-refractivity contribution in [3.8, 4) is 0 Å². The normalized spacial score (nSPS) is 19.5. The second-order valence-electron chi connectivity index (χ2n) is 7.16. The van der Waals surface area contributed by atoms with Crippen molar-refractivity contribution in [3.63, 3.8) is 0 Å². The van der Waals surface area contributed by atoms with Crippen molar-refractivity contribution in [1.82, 2.24) is 14.9 Å². The van der Waals surface area contributed by atoms with Crippen LogP contribution in [0.1, 0.15) is 50.5 Å². The number of hydrogen-bond donors (Lipinski definition) is 2. The van der Waals surface area contributed by atoms with Crippen LogP contribution in [0.25, 0.3) is 0 Å². The number of aliphatic imine (C=N–C) groups is 1. The van der Waals surface area contributed by atoms with Gasteiger partial charge in [0.05, 0.1) is 4.90 Å². The van der Waals surface area contributed by atoms with Crippen LogP contribution in [0, 0.1) is 0 Å². The maximum Gasteiger partial charge on any atom is 0.243 e. The highest BCUT2D eigenvalue weighted by atomic mass is 127. The molecule has 0 radical (unpaired) electrons. The zero-order valence-corrected chi connectivity index (χ0v) is 19.1. The lowest BCUT2D eigenvalue weighted by Crippen LogP contribution is -2.42. The molecule has 2 N–H and O–H groups in total. The van der Waals surface area contributed by atoms with Crippen molar-refractivity contribution in [1.29, 1.82) is 0 Å². The van der Waals surface area contributed by atoms with E-state index in [0.29, 0.717) is 30.6 Å². The molecule has 1 aliphatic carbocycles. The largest absolute Gasteiger partial charge is 0.354 e. The van der Waals surface area contributed by atoms with Crippen LogP contribution in [0.4, 0.5) is 0 Å². The molecule has 3 rings (SSSR count). The van der Waals surface area contributed by atoms with Crippen LogP contribution < -0.4 is 10.6 Å². The van der Waals surface area contributed by atoms with Gasteiger partial charge in [0.25, 0.3) is 0 Å². The first-order valence-corrected chi connectivity index (χ1v) is 11.1. The lowest BCUT2D eigenvalue weighted by Gasteiger charge is -2.26. The van der Waals surface area contributed by atoms with E-state index in [9.17, 15) is 8.42 Å². The highest BCUT2D eigenvalue weighted by Gasteiger charge is 2.26. The molecule has 0 unspecified atom stereocenters. The Morgan fingerprint density at radius 1 is 1.15 bits per heavy atom. The van der Waals surface area contributed by atoms with E-state index in [1.165, 1.54) is 25.7 Å². The molecule has 0 atom stereocenters. The van der Waals surface area contributed by atoms with Gasteiger partial charge in [0, 0.05) is 32.7 Å². The molecule has 1 heterocycles. The van der Waals surface area contributed by atoms with Gasteiger partial charge in [-0.25, -0.2) is 8.42 Å². The number of hydrogen-bond acceptors (Lipinski definition) is 3. The minimum atomic E-state index is -3.39. The van der Waals surface area contributed by atoms with E-state index in [1.54, 1.807) is 23.5 Å². The quantitative estimate of drug-likeness (QED) is 0.366. The van der Waals surface area contributed by atoms with Crippen molar-refractivity contribution in [2.75, 3.05) is 20.1 Å². The molecule has 1 saturated heterocycles. The fraction of sp³-hybridized carbons (Fsp3) is 0.632. The van der Waals surface area contributed by atoms with Crippen molar-refractivity contribution < 1.29 is 8.42 Å². The van der Waals surface area contributed by atoms with Gasteiger partial charge < -0.3 is 10.6 Å². The lowest BCUT2D eigenvalue weighted by atomic mass is 10.2. The molecule has 27 heavy (non-hydrogen) atoms. The van der Waals surface area contributed by atoms with E-state index in [2.05, 4.69) is 15.6 Å². The fourth-order valence-electron chi connectivity index (χ4n) is 3.71. The van der Waals surface area contributed by atoms with E-state index in [4.69, 9.17) is 0 Å². The van der Waals surface area contributed by atoms with Gasteiger partial charge in [-0.15, -0.1) is 24.0 Å². The predicted octanol–water partition coefficient (Wildman–Crippen LogP) is 3.09. The van der Waals surface area contributed by atoms with Crippen molar-refractivity contribution in [2.24, 2.45) is 4.99 Å². The van der Waals surface area contributed by atoms with E-state index in [-0.39, 0.29) is 24.0 Å². The van der Waals surface area contributed by atoms with Gasteiger partial charge in [-0.2, -0.15) is 4.31 Å². The Kier molecular flexibility index (Phi) is 8.81. The average Bonchev–Trinajstić information content (AvgIpc) is 3.19. The number of sulfonamides is 1. The molecule has 1 aliphatic heterocycles. The zero-order chi connectivity index (χ0) is 18.4. The van der Waals surface area contributed by atoms with Gasteiger partial charge in [0.1, 0.15) is 0 Å². The molecule has 0 spiro atoms. The second-order valence-corrected chi connectivity index (χ2v) is 9.10. The van der Waals surface area contributed by atoms with Crippen LogP contribution in [-0.4, -0.2) is 44.9 Å². The summed E-state index contributed by atoms with van der Waals surface area (Å²) >= 11 is 0. The number of halogens is 1. The molecule has 0 bridgehead atoms. The Hall–Kier alpha value is -0.870. The summed E-state index contributed by atoms with van der Waals surface area (Å²) in [5.74, 6) is 0.779. The third-order valence-electron chi connectivity index (χ3n) is 5.23. The molecule has 0 aromatic heterocycles. The number of guanidine groups is 1. The Balaban J connectivity index is 0.00000261. The molecule has 2 fully saturated rings. The van der Waals surface area contributed by atoms with Gasteiger partial charge in [-0.3, -0.25) is 4.99 Å². The first-order chi connectivity index (χ1) is 12.6. The van der Waals surface area contributed by atoms with Gasteiger partial charge in [-0.1, -0.05) is 31.4 Å². The van der Waals surface area contributed by atoms with E-state index < -0.39 is 10.0 Å². The van der Waals surface area contributed by atoms with E-state index in [1.807, 2.05) is 12.1 Å². The molecular formula is C19H31IN4O2S. The van der Waals surface area contributed by atoms with Crippen LogP contribution in [0.15, 0.2) is 34.2 Å². The Morgan fingerprint density at radius 2 is 1.85 bits per heavy atom. The van der Waals surface area contributed by atoms with E-state index >= 15 is 0 Å². The third kappa shape index (κ3) is 6.05. The maximum atomic E-state index is 12.8. The zero-order valence-electron chi connectivity index (χ0n) is 16.0. The van der Waals surface area contributed by atoms with Gasteiger partial charge >= 0.3 is 0 Å². The summed E-state index contributed by atoms with van der Waals surface area (Å²) in [7, 11) is -1.62. The van der Waals surface area contributed by atoms with Crippen LogP contribution in [-0.2, 0) is 16.6 Å². The third-order valence-corrected chi connectivity index (χ3v) is 7.13. The second kappa shape index (κ2) is 10.6. The molecule has 1 saturated carbocycles. The smallest absolute Gasteiger partial charge is 0.243 e.